The van der Waals surface area contributed by atoms with Gasteiger partial charge in [-0.1, -0.05) is 34.6 Å². The van der Waals surface area contributed by atoms with Gasteiger partial charge in [0.05, 0.1) is 6.07 Å². The highest BCUT2D eigenvalue weighted by Gasteiger charge is 2.69. The number of anilines is 1. The van der Waals surface area contributed by atoms with Crippen molar-refractivity contribution in [2.75, 3.05) is 11.9 Å². The number of hydrogen-bond donors (Lipinski definition) is 3. The maximum Gasteiger partial charge on any atom is 0.246 e. The van der Waals surface area contributed by atoms with Crippen LogP contribution < -0.4 is 16.0 Å². The highest BCUT2D eigenvalue weighted by molar-refractivity contribution is 7.13. The molecule has 36 heavy (non-hydrogen) atoms. The minimum Gasteiger partial charge on any atom is -0.350 e. The molecule has 3 unspecified atom stereocenters. The molecule has 3 heterocycles. The maximum absolute atomic E-state index is 13.9. The fraction of sp³-hybridized carbons (Fsp3) is 0.731. The van der Waals surface area contributed by atoms with Crippen LogP contribution in [0.2, 0.25) is 0 Å². The van der Waals surface area contributed by atoms with Gasteiger partial charge in [0.1, 0.15) is 18.1 Å². The number of carbonyl (C=O) groups is 3. The van der Waals surface area contributed by atoms with Crippen molar-refractivity contribution in [1.29, 1.82) is 5.26 Å². The van der Waals surface area contributed by atoms with Crippen LogP contribution in [0.3, 0.4) is 0 Å². The molecule has 2 aliphatic carbocycles. The molecule has 1 aromatic heterocycles. The van der Waals surface area contributed by atoms with Gasteiger partial charge in [0.2, 0.25) is 17.7 Å². The van der Waals surface area contributed by atoms with Crippen LogP contribution in [0.15, 0.2) is 11.6 Å². The number of aromatic nitrogens is 1. The maximum atomic E-state index is 13.9. The summed E-state index contributed by atoms with van der Waals surface area (Å²) in [6, 6.07) is 0.227. The van der Waals surface area contributed by atoms with Crippen LogP contribution in [-0.4, -0.2) is 57.8 Å². The molecule has 2 saturated heterocycles. The molecule has 1 aromatic rings. The molecule has 3 N–H and O–H groups in total. The number of piperidine rings is 1. The van der Waals surface area contributed by atoms with E-state index in [-0.39, 0.29) is 46.4 Å². The Bertz CT molecular complexity index is 1100. The third-order valence-electron chi connectivity index (χ3n) is 8.82. The number of nitriles is 1. The summed E-state index contributed by atoms with van der Waals surface area (Å²) in [5.74, 6) is -0.421. The molecule has 4 aliphatic rings. The van der Waals surface area contributed by atoms with Crippen molar-refractivity contribution in [2.45, 2.75) is 84.0 Å². The summed E-state index contributed by atoms with van der Waals surface area (Å²) in [4.78, 5) is 46.0. The third kappa shape index (κ3) is 4.36. The molecule has 0 bridgehead atoms. The third-order valence-corrected chi connectivity index (χ3v) is 9.52. The second-order valence-electron chi connectivity index (χ2n) is 12.8. The SMILES string of the molecule is CC1(C)C2CN(C(=O)[C@@H](Nc3nccs3)C(C)(C)C)C(C(=O)N[C@H](C#N)C[C@@H]3CC4(CC4)NC3=O)C21. The number of amides is 3. The lowest BCUT2D eigenvalue weighted by molar-refractivity contribution is -0.142. The quantitative estimate of drug-likeness (QED) is 0.515. The van der Waals surface area contributed by atoms with Gasteiger partial charge in [0, 0.05) is 29.6 Å². The number of nitrogens with one attached hydrogen (secondary N) is 3. The number of hydrogen-bond acceptors (Lipinski definition) is 7. The van der Waals surface area contributed by atoms with Gasteiger partial charge in [-0.3, -0.25) is 14.4 Å². The fourth-order valence-electron chi connectivity index (χ4n) is 6.38. The standard InChI is InChI=1S/C26H36N6O3S/c1-24(2,3)19(30-23-28-8-9-36-23)22(35)32-13-16-17(25(16,4)5)18(32)21(34)29-15(12-27)10-14-11-26(6-7-26)31-20(14)33/h8-9,14-19H,6-7,10-11,13H2,1-5H3,(H,28,30)(H,29,34)(H,31,33)/t14-,15+,16?,17?,18?,19-/m1/s1. The molecule has 0 aromatic carbocycles. The van der Waals surface area contributed by atoms with Gasteiger partial charge in [-0.05, 0) is 48.3 Å². The molecular weight excluding hydrogens is 476 g/mol. The van der Waals surface area contributed by atoms with Crippen LogP contribution in [0.1, 0.15) is 60.3 Å². The van der Waals surface area contributed by atoms with Gasteiger partial charge in [-0.25, -0.2) is 4.98 Å². The van der Waals surface area contributed by atoms with Gasteiger partial charge in [-0.2, -0.15) is 5.26 Å². The summed E-state index contributed by atoms with van der Waals surface area (Å²) in [6.45, 7) is 10.8. The molecule has 3 amide bonds. The lowest BCUT2D eigenvalue weighted by atomic mass is 9.85. The lowest BCUT2D eigenvalue weighted by Gasteiger charge is -2.37. The first-order chi connectivity index (χ1) is 16.9. The molecular formula is C26H36N6O3S. The van der Waals surface area contributed by atoms with E-state index in [9.17, 15) is 19.6 Å². The van der Waals surface area contributed by atoms with Crippen LogP contribution in [0.4, 0.5) is 5.13 Å². The normalized spacial score (nSPS) is 30.7. The molecule has 9 nitrogen and oxygen atoms in total. The lowest BCUT2D eigenvalue weighted by Crippen LogP contribution is -2.57. The zero-order chi connectivity index (χ0) is 26.0. The number of carbonyl (C=O) groups excluding carboxylic acids is 3. The van der Waals surface area contributed by atoms with Gasteiger partial charge < -0.3 is 20.9 Å². The topological polar surface area (TPSA) is 127 Å². The minimum atomic E-state index is -0.771. The van der Waals surface area contributed by atoms with E-state index < -0.39 is 23.5 Å². The minimum absolute atomic E-state index is 0.0238. The van der Waals surface area contributed by atoms with Crippen molar-refractivity contribution in [1.82, 2.24) is 20.5 Å². The van der Waals surface area contributed by atoms with E-state index in [1.807, 2.05) is 26.2 Å². The summed E-state index contributed by atoms with van der Waals surface area (Å²) in [5.41, 5.74) is -0.515. The van der Waals surface area contributed by atoms with Gasteiger partial charge in [0.15, 0.2) is 5.13 Å². The Kier molecular flexibility index (Phi) is 5.86. The predicted octanol–water partition coefficient (Wildman–Crippen LogP) is 2.52. The Morgan fingerprint density at radius 1 is 1.36 bits per heavy atom. The summed E-state index contributed by atoms with van der Waals surface area (Å²) < 4.78 is 0. The molecule has 194 valence electrons. The van der Waals surface area contributed by atoms with Gasteiger partial charge in [-0.15, -0.1) is 11.3 Å². The van der Waals surface area contributed by atoms with Crippen molar-refractivity contribution in [3.8, 4) is 6.07 Å². The number of rotatable bonds is 7. The Hall–Kier alpha value is -2.67. The largest absolute Gasteiger partial charge is 0.350 e. The first-order valence-electron chi connectivity index (χ1n) is 12.8. The Balaban J connectivity index is 1.32. The molecule has 6 atom stereocenters. The van der Waals surface area contributed by atoms with E-state index in [2.05, 4.69) is 40.9 Å². The number of likely N-dealkylation sites (tertiary alicyclic amines) is 1. The average Bonchev–Trinajstić information content (AvgIpc) is 3.35. The number of fused-ring (bicyclic) bond motifs is 1. The molecule has 0 radical (unpaired) electrons. The predicted molar refractivity (Wildman–Crippen MR) is 136 cm³/mol. The van der Waals surface area contributed by atoms with Crippen molar-refractivity contribution >= 4 is 34.2 Å². The first-order valence-corrected chi connectivity index (χ1v) is 13.7. The summed E-state index contributed by atoms with van der Waals surface area (Å²) in [5, 5.41) is 21.6. The van der Waals surface area contributed by atoms with E-state index >= 15 is 0 Å². The zero-order valence-electron chi connectivity index (χ0n) is 21.6. The van der Waals surface area contributed by atoms with Gasteiger partial charge >= 0.3 is 0 Å². The van der Waals surface area contributed by atoms with Crippen LogP contribution >= 0.6 is 11.3 Å². The summed E-state index contributed by atoms with van der Waals surface area (Å²) >= 11 is 1.43. The Labute approximate surface area is 216 Å². The summed E-state index contributed by atoms with van der Waals surface area (Å²) in [6.07, 6.45) is 4.68. The van der Waals surface area contributed by atoms with E-state index in [0.717, 1.165) is 19.3 Å². The smallest absolute Gasteiger partial charge is 0.246 e. The fourth-order valence-corrected chi connectivity index (χ4v) is 6.94. The highest BCUT2D eigenvalue weighted by Crippen LogP contribution is 2.65. The van der Waals surface area contributed by atoms with Crippen LogP contribution in [0.25, 0.3) is 0 Å². The second kappa shape index (κ2) is 8.44. The van der Waals surface area contributed by atoms with Crippen LogP contribution in [-0.2, 0) is 14.4 Å². The highest BCUT2D eigenvalue weighted by atomic mass is 32.1. The van der Waals surface area contributed by atoms with E-state index in [1.54, 1.807) is 11.1 Å². The number of thiazole rings is 1. The summed E-state index contributed by atoms with van der Waals surface area (Å²) in [7, 11) is 0. The molecule has 2 saturated carbocycles. The van der Waals surface area contributed by atoms with Crippen molar-refractivity contribution < 1.29 is 14.4 Å². The monoisotopic (exact) mass is 512 g/mol. The van der Waals surface area contributed by atoms with Crippen molar-refractivity contribution in [3.63, 3.8) is 0 Å². The zero-order valence-corrected chi connectivity index (χ0v) is 22.4. The molecule has 10 heteroatoms. The van der Waals surface area contributed by atoms with Crippen LogP contribution in [0, 0.1) is 39.9 Å². The van der Waals surface area contributed by atoms with Crippen molar-refractivity contribution in [3.05, 3.63) is 11.6 Å². The van der Waals surface area contributed by atoms with E-state index in [4.69, 9.17) is 0 Å². The van der Waals surface area contributed by atoms with Crippen LogP contribution in [0.5, 0.6) is 0 Å². The Morgan fingerprint density at radius 2 is 2.08 bits per heavy atom. The second-order valence-corrected chi connectivity index (χ2v) is 13.7. The molecule has 2 aliphatic heterocycles. The number of nitrogens with zero attached hydrogens (tertiary/aromatic N) is 3. The molecule has 4 fully saturated rings. The van der Waals surface area contributed by atoms with Crippen molar-refractivity contribution in [2.24, 2.45) is 28.6 Å². The average molecular weight is 513 g/mol. The van der Waals surface area contributed by atoms with E-state index in [0.29, 0.717) is 18.1 Å². The molecule has 5 rings (SSSR count). The molecule has 1 spiro atoms. The van der Waals surface area contributed by atoms with Gasteiger partial charge in [0.25, 0.3) is 0 Å². The Morgan fingerprint density at radius 3 is 2.64 bits per heavy atom. The van der Waals surface area contributed by atoms with E-state index in [1.165, 1.54) is 11.3 Å². The first kappa shape index (κ1) is 25.0.